The molecule has 0 aliphatic rings. The van der Waals surface area contributed by atoms with Crippen LogP contribution < -0.4 is 0 Å². The van der Waals surface area contributed by atoms with Crippen molar-refractivity contribution in [3.8, 4) is 0 Å². The van der Waals surface area contributed by atoms with E-state index in [9.17, 15) is 4.79 Å². The summed E-state index contributed by atoms with van der Waals surface area (Å²) in [4.78, 5) is 9.57. The molecule has 7 heavy (non-hydrogen) atoms. The molecule has 1 N–H and O–H groups in total. The van der Waals surface area contributed by atoms with E-state index in [0.717, 1.165) is 0 Å². The summed E-state index contributed by atoms with van der Waals surface area (Å²) in [7, 11) is 0. The molecule has 0 radical (unpaired) electrons. The van der Waals surface area contributed by atoms with Gasteiger partial charge in [-0.1, -0.05) is 0 Å². The van der Waals surface area contributed by atoms with E-state index in [4.69, 9.17) is 16.7 Å². The van der Waals surface area contributed by atoms with Crippen LogP contribution in [0.3, 0.4) is 0 Å². The number of alkyl halides is 1. The second kappa shape index (κ2) is 4.91. The summed E-state index contributed by atoms with van der Waals surface area (Å²) in [5, 5.41) is 7.10. The molecule has 0 heterocycles. The van der Waals surface area contributed by atoms with E-state index in [1.165, 1.54) is 6.92 Å². The van der Waals surface area contributed by atoms with E-state index in [-0.39, 0.29) is 29.6 Å². The van der Waals surface area contributed by atoms with Crippen LogP contribution in [0.1, 0.15) is 6.92 Å². The number of aliphatic carboxylic acids is 1. The van der Waals surface area contributed by atoms with Gasteiger partial charge in [0.15, 0.2) is 0 Å². The maximum atomic E-state index is 9.57. The standard InChI is InChI=1S/C3H5ClO2.Na.H/c1-2(4)3(5)6;;/h2H,1H3,(H,5,6);;/t2-;;/m1../s1. The number of hydrogen-bond acceptors (Lipinski definition) is 1. The molecular formula is C3H6ClNaO2. The first kappa shape index (κ1) is 10.7. The van der Waals surface area contributed by atoms with Crippen molar-refractivity contribution in [1.82, 2.24) is 0 Å². The topological polar surface area (TPSA) is 37.3 Å². The quantitative estimate of drug-likeness (QED) is 0.404. The number of carboxylic acids is 1. The van der Waals surface area contributed by atoms with Crippen LogP contribution >= 0.6 is 11.6 Å². The Morgan fingerprint density at radius 1 is 1.86 bits per heavy atom. The third-order valence-corrected chi connectivity index (χ3v) is 0.527. The molecule has 0 aromatic heterocycles. The summed E-state index contributed by atoms with van der Waals surface area (Å²) >= 11 is 5.01. The van der Waals surface area contributed by atoms with Gasteiger partial charge in [0.2, 0.25) is 0 Å². The number of hydrogen-bond donors (Lipinski definition) is 1. The van der Waals surface area contributed by atoms with Gasteiger partial charge in [-0.2, -0.15) is 0 Å². The SMILES string of the molecule is C[C@@H](Cl)C(=O)O.[NaH]. The molecule has 0 rings (SSSR count). The van der Waals surface area contributed by atoms with Crippen molar-refractivity contribution in [2.24, 2.45) is 0 Å². The molecular weight excluding hydrogens is 126 g/mol. The predicted molar refractivity (Wildman–Crippen MR) is 30.1 cm³/mol. The first-order valence-corrected chi connectivity index (χ1v) is 1.95. The molecule has 0 bridgehead atoms. The monoisotopic (exact) mass is 132 g/mol. The van der Waals surface area contributed by atoms with Crippen LogP contribution in [0.5, 0.6) is 0 Å². The maximum absolute atomic E-state index is 9.57. The van der Waals surface area contributed by atoms with Gasteiger partial charge in [0.25, 0.3) is 0 Å². The first-order chi connectivity index (χ1) is 2.64. The molecule has 0 aliphatic carbocycles. The zero-order valence-corrected chi connectivity index (χ0v) is 4.07. The van der Waals surface area contributed by atoms with Crippen molar-refractivity contribution < 1.29 is 9.90 Å². The predicted octanol–water partition coefficient (Wildman–Crippen LogP) is 0.0498. The fourth-order valence-corrected chi connectivity index (χ4v) is 0. The van der Waals surface area contributed by atoms with Gasteiger partial charge in [0.05, 0.1) is 0 Å². The second-order valence-electron chi connectivity index (χ2n) is 0.954. The van der Waals surface area contributed by atoms with Gasteiger partial charge in [-0.05, 0) is 6.92 Å². The number of carbonyl (C=O) groups is 1. The van der Waals surface area contributed by atoms with Crippen LogP contribution in [-0.2, 0) is 4.79 Å². The van der Waals surface area contributed by atoms with Gasteiger partial charge in [-0.3, -0.25) is 4.79 Å². The molecule has 0 spiro atoms. The van der Waals surface area contributed by atoms with E-state index in [1.54, 1.807) is 0 Å². The number of carboxylic acid groups (broad SMARTS) is 1. The Kier molecular flexibility index (Phi) is 7.49. The number of rotatable bonds is 1. The van der Waals surface area contributed by atoms with E-state index >= 15 is 0 Å². The van der Waals surface area contributed by atoms with E-state index in [0.29, 0.717) is 0 Å². The first-order valence-electron chi connectivity index (χ1n) is 1.51. The third-order valence-electron chi connectivity index (χ3n) is 0.340. The summed E-state index contributed by atoms with van der Waals surface area (Å²) in [6.45, 7) is 1.41. The zero-order chi connectivity index (χ0) is 5.15. The molecule has 0 aromatic rings. The van der Waals surface area contributed by atoms with Gasteiger partial charge in [-0.25, -0.2) is 0 Å². The van der Waals surface area contributed by atoms with Crippen LogP contribution in [-0.4, -0.2) is 46.0 Å². The van der Waals surface area contributed by atoms with E-state index < -0.39 is 11.3 Å². The Labute approximate surface area is 69.1 Å². The van der Waals surface area contributed by atoms with Crippen LogP contribution in [0.4, 0.5) is 0 Å². The van der Waals surface area contributed by atoms with Gasteiger partial charge < -0.3 is 5.11 Å². The minimum absolute atomic E-state index is 0. The molecule has 0 amide bonds. The Morgan fingerprint density at radius 3 is 2.00 bits per heavy atom. The van der Waals surface area contributed by atoms with E-state index in [2.05, 4.69) is 0 Å². The molecule has 0 saturated carbocycles. The van der Waals surface area contributed by atoms with Crippen molar-refractivity contribution in [1.29, 1.82) is 0 Å². The fourth-order valence-electron chi connectivity index (χ4n) is 0. The Morgan fingerprint density at radius 2 is 2.00 bits per heavy atom. The van der Waals surface area contributed by atoms with Crippen molar-refractivity contribution in [3.05, 3.63) is 0 Å². The summed E-state index contributed by atoms with van der Waals surface area (Å²) in [5.74, 6) is -0.975. The average Bonchev–Trinajstić information content (AvgIpc) is 1.36. The molecule has 4 heteroatoms. The Balaban J connectivity index is 0. The van der Waals surface area contributed by atoms with Crippen molar-refractivity contribution in [2.45, 2.75) is 12.3 Å². The molecule has 38 valence electrons. The average molecular weight is 133 g/mol. The molecule has 0 aromatic carbocycles. The van der Waals surface area contributed by atoms with Gasteiger partial charge in [0.1, 0.15) is 5.38 Å². The summed E-state index contributed by atoms with van der Waals surface area (Å²) in [5.41, 5.74) is 0. The van der Waals surface area contributed by atoms with Crippen LogP contribution in [0, 0.1) is 0 Å². The second-order valence-corrected chi connectivity index (χ2v) is 1.61. The van der Waals surface area contributed by atoms with Crippen molar-refractivity contribution >= 4 is 47.1 Å². The zero-order valence-electron chi connectivity index (χ0n) is 3.31. The van der Waals surface area contributed by atoms with Crippen LogP contribution in [0.15, 0.2) is 0 Å². The summed E-state index contributed by atoms with van der Waals surface area (Å²) in [6, 6.07) is 0. The van der Waals surface area contributed by atoms with Crippen LogP contribution in [0.2, 0.25) is 0 Å². The van der Waals surface area contributed by atoms with E-state index in [1.807, 2.05) is 0 Å². The number of halogens is 1. The normalized spacial score (nSPS) is 11.7. The van der Waals surface area contributed by atoms with Gasteiger partial charge in [0, 0.05) is 0 Å². The third kappa shape index (κ3) is 6.76. The summed E-state index contributed by atoms with van der Waals surface area (Å²) < 4.78 is 0. The van der Waals surface area contributed by atoms with Gasteiger partial charge in [-0.15, -0.1) is 11.6 Å². The van der Waals surface area contributed by atoms with Gasteiger partial charge >= 0.3 is 35.5 Å². The van der Waals surface area contributed by atoms with Crippen molar-refractivity contribution in [2.75, 3.05) is 0 Å². The fraction of sp³-hybridized carbons (Fsp3) is 0.667. The molecule has 2 nitrogen and oxygen atoms in total. The minimum atomic E-state index is -0.975. The van der Waals surface area contributed by atoms with Crippen LogP contribution in [0.25, 0.3) is 0 Å². The summed E-state index contributed by atoms with van der Waals surface area (Å²) in [6.07, 6.45) is 0. The Hall–Kier alpha value is 0.760. The van der Waals surface area contributed by atoms with Crippen molar-refractivity contribution in [3.63, 3.8) is 0 Å². The Bertz CT molecular complexity index is 64.0. The molecule has 0 unspecified atom stereocenters. The molecule has 0 saturated heterocycles. The molecule has 0 aliphatic heterocycles. The molecule has 0 fully saturated rings. The molecule has 1 atom stereocenters.